The Morgan fingerprint density at radius 1 is 1.25 bits per heavy atom. The Balaban J connectivity index is 2.04. The number of amidine groups is 1. The van der Waals surface area contributed by atoms with Crippen molar-refractivity contribution in [2.45, 2.75) is 6.54 Å². The molecule has 3 nitrogen and oxygen atoms in total. The number of fused-ring (bicyclic) bond motifs is 1. The van der Waals surface area contributed by atoms with Crippen molar-refractivity contribution < 1.29 is 9.13 Å². The van der Waals surface area contributed by atoms with Crippen LogP contribution in [0.3, 0.4) is 0 Å². The van der Waals surface area contributed by atoms with Gasteiger partial charge in [-0.05, 0) is 45.8 Å². The first-order chi connectivity index (χ1) is 9.60. The van der Waals surface area contributed by atoms with Crippen molar-refractivity contribution in [1.29, 1.82) is 5.41 Å². The van der Waals surface area contributed by atoms with Crippen LogP contribution < -0.4 is 9.64 Å². The van der Waals surface area contributed by atoms with Crippen LogP contribution in [0.25, 0.3) is 0 Å². The van der Waals surface area contributed by atoms with Gasteiger partial charge in [0.25, 0.3) is 0 Å². The molecule has 0 saturated carbocycles. The maximum Gasteiger partial charge on any atom is 0.133 e. The summed E-state index contributed by atoms with van der Waals surface area (Å²) in [5.41, 5.74) is 2.43. The summed E-state index contributed by atoms with van der Waals surface area (Å²) in [6.07, 6.45) is 0. The molecule has 2 aromatic carbocycles. The van der Waals surface area contributed by atoms with Crippen LogP contribution in [0.5, 0.6) is 5.75 Å². The first-order valence-electron chi connectivity index (χ1n) is 6.08. The molecule has 0 radical (unpaired) electrons. The first-order valence-corrected chi connectivity index (χ1v) is 6.88. The minimum absolute atomic E-state index is 0.299. The quantitative estimate of drug-likeness (QED) is 0.902. The van der Waals surface area contributed by atoms with Crippen molar-refractivity contribution in [3.63, 3.8) is 0 Å². The summed E-state index contributed by atoms with van der Waals surface area (Å²) in [4.78, 5) is 1.83. The fraction of sp³-hybridized carbons (Fsp3) is 0.133. The Hall–Kier alpha value is -1.88. The van der Waals surface area contributed by atoms with Gasteiger partial charge < -0.3 is 9.64 Å². The highest BCUT2D eigenvalue weighted by Gasteiger charge is 2.27. The molecule has 0 atom stereocenters. The number of rotatable bonds is 2. The van der Waals surface area contributed by atoms with Crippen molar-refractivity contribution in [3.8, 4) is 5.75 Å². The molecular formula is C15H12BrFN2O. The van der Waals surface area contributed by atoms with Gasteiger partial charge >= 0.3 is 0 Å². The van der Waals surface area contributed by atoms with E-state index in [1.54, 1.807) is 13.2 Å². The van der Waals surface area contributed by atoms with E-state index in [4.69, 9.17) is 10.1 Å². The van der Waals surface area contributed by atoms with E-state index in [1.165, 1.54) is 12.1 Å². The van der Waals surface area contributed by atoms with E-state index in [1.807, 2.05) is 23.1 Å². The standard InChI is InChI=1S/C15H12BrFN2O/c1-20-11-4-5-13(16)14(7-11)19-8-9-2-3-10(17)6-12(9)15(19)18/h2-7,18H,8H2,1H3. The Labute approximate surface area is 124 Å². The SMILES string of the molecule is COc1ccc(Br)c(N2Cc3ccc(F)cc3C2=N)c1. The second-order valence-corrected chi connectivity index (χ2v) is 5.41. The number of hydrogen-bond acceptors (Lipinski definition) is 2. The van der Waals surface area contributed by atoms with Gasteiger partial charge in [-0.15, -0.1) is 0 Å². The molecule has 0 aromatic heterocycles. The molecule has 1 N–H and O–H groups in total. The molecule has 0 amide bonds. The van der Waals surface area contributed by atoms with E-state index in [0.717, 1.165) is 21.5 Å². The molecule has 0 bridgehead atoms. The van der Waals surface area contributed by atoms with Gasteiger partial charge in [-0.2, -0.15) is 0 Å². The molecule has 3 rings (SSSR count). The molecule has 20 heavy (non-hydrogen) atoms. The van der Waals surface area contributed by atoms with Crippen molar-refractivity contribution >= 4 is 27.5 Å². The lowest BCUT2D eigenvalue weighted by atomic mass is 10.1. The molecule has 0 unspecified atom stereocenters. The number of anilines is 1. The zero-order chi connectivity index (χ0) is 14.3. The van der Waals surface area contributed by atoms with Crippen molar-refractivity contribution in [3.05, 3.63) is 57.8 Å². The van der Waals surface area contributed by atoms with Crippen LogP contribution in [0.4, 0.5) is 10.1 Å². The normalized spacial score (nSPS) is 13.6. The van der Waals surface area contributed by atoms with E-state index < -0.39 is 0 Å². The van der Waals surface area contributed by atoms with Crippen LogP contribution in [0, 0.1) is 11.2 Å². The summed E-state index contributed by atoms with van der Waals surface area (Å²) < 4.78 is 19.4. The van der Waals surface area contributed by atoms with E-state index >= 15 is 0 Å². The van der Waals surface area contributed by atoms with Crippen LogP contribution in [0.2, 0.25) is 0 Å². The van der Waals surface area contributed by atoms with E-state index in [9.17, 15) is 4.39 Å². The Bertz CT molecular complexity index is 702. The maximum absolute atomic E-state index is 13.3. The first kappa shape index (κ1) is 13.1. The van der Waals surface area contributed by atoms with Crippen molar-refractivity contribution in [2.75, 3.05) is 12.0 Å². The van der Waals surface area contributed by atoms with Crippen LogP contribution in [0.1, 0.15) is 11.1 Å². The second-order valence-electron chi connectivity index (χ2n) is 4.55. The van der Waals surface area contributed by atoms with Gasteiger partial charge in [-0.25, -0.2) is 4.39 Å². The zero-order valence-electron chi connectivity index (χ0n) is 10.8. The Kier molecular flexibility index (Phi) is 3.22. The van der Waals surface area contributed by atoms with Crippen molar-refractivity contribution in [2.24, 2.45) is 0 Å². The molecule has 0 saturated heterocycles. The highest BCUT2D eigenvalue weighted by molar-refractivity contribution is 9.10. The molecule has 1 heterocycles. The molecule has 1 aliphatic heterocycles. The third-order valence-electron chi connectivity index (χ3n) is 3.37. The van der Waals surface area contributed by atoms with Crippen molar-refractivity contribution in [1.82, 2.24) is 0 Å². The average molecular weight is 335 g/mol. The van der Waals surface area contributed by atoms with E-state index in [0.29, 0.717) is 17.9 Å². The van der Waals surface area contributed by atoms with Gasteiger partial charge in [0.1, 0.15) is 17.4 Å². The third kappa shape index (κ3) is 2.08. The maximum atomic E-state index is 13.3. The third-order valence-corrected chi connectivity index (χ3v) is 4.04. The van der Waals surface area contributed by atoms with Crippen LogP contribution in [-0.4, -0.2) is 12.9 Å². The molecule has 0 fully saturated rings. The number of halogens is 2. The molecule has 102 valence electrons. The van der Waals surface area contributed by atoms with Crippen LogP contribution in [-0.2, 0) is 6.54 Å². The van der Waals surface area contributed by atoms with Gasteiger partial charge in [0.2, 0.25) is 0 Å². The number of ether oxygens (including phenoxy) is 1. The second kappa shape index (κ2) is 4.90. The number of benzene rings is 2. The summed E-state index contributed by atoms with van der Waals surface area (Å²) >= 11 is 3.49. The fourth-order valence-corrected chi connectivity index (χ4v) is 2.79. The van der Waals surface area contributed by atoms with Gasteiger partial charge in [-0.1, -0.05) is 6.07 Å². The summed E-state index contributed by atoms with van der Waals surface area (Å²) in [5, 5.41) is 8.24. The minimum atomic E-state index is -0.319. The number of nitrogens with zero attached hydrogens (tertiary/aromatic N) is 1. The number of methoxy groups -OCH3 is 1. The molecular weight excluding hydrogens is 323 g/mol. The van der Waals surface area contributed by atoms with Gasteiger partial charge in [0, 0.05) is 16.1 Å². The predicted octanol–water partition coefficient (Wildman–Crippen LogP) is 3.94. The summed E-state index contributed by atoms with van der Waals surface area (Å²) in [5.74, 6) is 0.701. The Morgan fingerprint density at radius 3 is 2.80 bits per heavy atom. The van der Waals surface area contributed by atoms with Gasteiger partial charge in [-0.3, -0.25) is 5.41 Å². The molecule has 0 spiro atoms. The fourth-order valence-electron chi connectivity index (χ4n) is 2.33. The summed E-state index contributed by atoms with van der Waals surface area (Å²) in [7, 11) is 1.60. The van der Waals surface area contributed by atoms with Crippen LogP contribution >= 0.6 is 15.9 Å². The largest absolute Gasteiger partial charge is 0.497 e. The lowest BCUT2D eigenvalue weighted by Crippen LogP contribution is -2.23. The smallest absolute Gasteiger partial charge is 0.133 e. The lowest BCUT2D eigenvalue weighted by Gasteiger charge is -2.20. The summed E-state index contributed by atoms with van der Waals surface area (Å²) in [6.45, 7) is 0.556. The highest BCUT2D eigenvalue weighted by atomic mass is 79.9. The topological polar surface area (TPSA) is 36.3 Å². The van der Waals surface area contributed by atoms with Gasteiger partial charge in [0.15, 0.2) is 0 Å². The van der Waals surface area contributed by atoms with Gasteiger partial charge in [0.05, 0.1) is 19.3 Å². The predicted molar refractivity (Wildman–Crippen MR) is 80.1 cm³/mol. The Morgan fingerprint density at radius 2 is 2.05 bits per heavy atom. The number of hydrogen-bond donors (Lipinski definition) is 1. The molecule has 1 aliphatic rings. The van der Waals surface area contributed by atoms with E-state index in [-0.39, 0.29) is 5.82 Å². The van der Waals surface area contributed by atoms with Crippen LogP contribution in [0.15, 0.2) is 40.9 Å². The molecule has 0 aliphatic carbocycles. The lowest BCUT2D eigenvalue weighted by molar-refractivity contribution is 0.415. The summed E-state index contributed by atoms with van der Waals surface area (Å²) in [6, 6.07) is 10.2. The average Bonchev–Trinajstić information content (AvgIpc) is 2.77. The monoisotopic (exact) mass is 334 g/mol. The minimum Gasteiger partial charge on any atom is -0.497 e. The molecule has 2 aromatic rings. The highest BCUT2D eigenvalue weighted by Crippen LogP contribution is 2.35. The molecule has 5 heteroatoms. The number of nitrogens with one attached hydrogen (secondary N) is 1. The van der Waals surface area contributed by atoms with E-state index in [2.05, 4.69) is 15.9 Å². The zero-order valence-corrected chi connectivity index (χ0v) is 12.4.